The third-order valence-electron chi connectivity index (χ3n) is 3.39. The van der Waals surface area contributed by atoms with Crippen LogP contribution in [0.3, 0.4) is 0 Å². The van der Waals surface area contributed by atoms with Gasteiger partial charge in [-0.15, -0.1) is 0 Å². The summed E-state index contributed by atoms with van der Waals surface area (Å²) in [5.74, 6) is 0. The number of rotatable bonds is 11. The molecule has 0 amide bonds. The molecule has 0 bridgehead atoms. The van der Waals surface area contributed by atoms with Crippen LogP contribution >= 0.6 is 0 Å². The first-order chi connectivity index (χ1) is 8.87. The van der Waals surface area contributed by atoms with Crippen LogP contribution in [0.25, 0.3) is 0 Å². The summed E-state index contributed by atoms with van der Waals surface area (Å²) >= 11 is 0. The fourth-order valence-corrected chi connectivity index (χ4v) is 3.31. The zero-order chi connectivity index (χ0) is 14.9. The highest BCUT2D eigenvalue weighted by atomic mass is 32.2. The van der Waals surface area contributed by atoms with E-state index in [0.717, 1.165) is 32.5 Å². The number of nitrogens with one attached hydrogen (secondary N) is 2. The van der Waals surface area contributed by atoms with Gasteiger partial charge >= 0.3 is 0 Å². The van der Waals surface area contributed by atoms with Crippen molar-refractivity contribution >= 4 is 10.0 Å². The van der Waals surface area contributed by atoms with Crippen LogP contribution in [0.15, 0.2) is 0 Å². The van der Waals surface area contributed by atoms with Crippen LogP contribution in [0.4, 0.5) is 0 Å². The van der Waals surface area contributed by atoms with Crippen molar-refractivity contribution in [1.29, 1.82) is 0 Å². The lowest BCUT2D eigenvalue weighted by Crippen LogP contribution is -2.42. The summed E-state index contributed by atoms with van der Waals surface area (Å²) in [5, 5.41) is 2.49. The minimum absolute atomic E-state index is 0.000122. The highest BCUT2D eigenvalue weighted by molar-refractivity contribution is 7.90. The van der Waals surface area contributed by atoms with E-state index in [0.29, 0.717) is 6.54 Å². The molecule has 2 unspecified atom stereocenters. The smallest absolute Gasteiger partial charge is 0.215 e. The molecule has 0 heterocycles. The molecule has 0 aliphatic heterocycles. The van der Waals surface area contributed by atoms with Gasteiger partial charge < -0.3 is 10.2 Å². The Morgan fingerprint density at radius 2 is 1.74 bits per heavy atom. The van der Waals surface area contributed by atoms with Crippen molar-refractivity contribution in [3.8, 4) is 0 Å². The Kier molecular flexibility index (Phi) is 9.60. The summed E-state index contributed by atoms with van der Waals surface area (Å²) in [5.41, 5.74) is 0. The Bertz CT molecular complexity index is 316. The molecule has 0 fully saturated rings. The number of hydrogen-bond acceptors (Lipinski definition) is 4. The molecule has 0 spiro atoms. The molecule has 0 aromatic heterocycles. The van der Waals surface area contributed by atoms with Gasteiger partial charge in [-0.2, -0.15) is 0 Å². The first-order valence-corrected chi connectivity index (χ1v) is 8.80. The van der Waals surface area contributed by atoms with Gasteiger partial charge in [0.25, 0.3) is 0 Å². The van der Waals surface area contributed by atoms with Gasteiger partial charge in [0.05, 0.1) is 5.25 Å². The molecule has 0 saturated carbocycles. The van der Waals surface area contributed by atoms with E-state index in [1.54, 1.807) is 14.0 Å². The molecule has 2 atom stereocenters. The van der Waals surface area contributed by atoms with Crippen LogP contribution in [0, 0.1) is 0 Å². The Morgan fingerprint density at radius 3 is 2.21 bits per heavy atom. The van der Waals surface area contributed by atoms with Crippen LogP contribution in [0.5, 0.6) is 0 Å². The van der Waals surface area contributed by atoms with E-state index in [9.17, 15) is 8.42 Å². The second-order valence-corrected chi connectivity index (χ2v) is 7.23. The highest BCUT2D eigenvalue weighted by Gasteiger charge is 2.21. The summed E-state index contributed by atoms with van der Waals surface area (Å²) in [4.78, 5) is 2.35. The Morgan fingerprint density at radius 1 is 1.16 bits per heavy atom. The number of hydrogen-bond donors (Lipinski definition) is 2. The first-order valence-electron chi connectivity index (χ1n) is 7.25. The van der Waals surface area contributed by atoms with Gasteiger partial charge in [0, 0.05) is 12.6 Å². The topological polar surface area (TPSA) is 61.4 Å². The fraction of sp³-hybridized carbons (Fsp3) is 1.00. The summed E-state index contributed by atoms with van der Waals surface area (Å²) in [6.07, 6.45) is 1.90. The third-order valence-corrected chi connectivity index (χ3v) is 5.35. The van der Waals surface area contributed by atoms with Gasteiger partial charge in [-0.25, -0.2) is 13.1 Å². The van der Waals surface area contributed by atoms with E-state index < -0.39 is 15.3 Å². The summed E-state index contributed by atoms with van der Waals surface area (Å²) in [6, 6.07) is -0.000122. The normalized spacial score (nSPS) is 15.7. The molecule has 0 aromatic carbocycles. The van der Waals surface area contributed by atoms with E-state index in [-0.39, 0.29) is 6.04 Å². The second-order valence-electron chi connectivity index (χ2n) is 5.10. The first kappa shape index (κ1) is 18.8. The van der Waals surface area contributed by atoms with Crippen LogP contribution in [0.1, 0.15) is 40.5 Å². The second kappa shape index (κ2) is 9.69. The van der Waals surface area contributed by atoms with Crippen LogP contribution in [0.2, 0.25) is 0 Å². The number of sulfonamides is 1. The molecule has 19 heavy (non-hydrogen) atoms. The Hall–Kier alpha value is -0.170. The Labute approximate surface area is 119 Å². The average molecular weight is 293 g/mol. The predicted octanol–water partition coefficient (Wildman–Crippen LogP) is 1.02. The lowest BCUT2D eigenvalue weighted by molar-refractivity contribution is 0.293. The highest BCUT2D eigenvalue weighted by Crippen LogP contribution is 2.04. The van der Waals surface area contributed by atoms with Crippen LogP contribution in [-0.4, -0.2) is 57.8 Å². The van der Waals surface area contributed by atoms with Crippen molar-refractivity contribution in [3.63, 3.8) is 0 Å². The van der Waals surface area contributed by atoms with Gasteiger partial charge in [0.2, 0.25) is 10.0 Å². The SMILES string of the molecule is CCN(CC)CCCC(C)NS(=O)(=O)C(C)CNC. The fourth-order valence-electron chi connectivity index (χ4n) is 2.01. The maximum atomic E-state index is 12.0. The van der Waals surface area contributed by atoms with Gasteiger partial charge in [-0.1, -0.05) is 13.8 Å². The molecular weight excluding hydrogens is 262 g/mol. The zero-order valence-electron chi connectivity index (χ0n) is 13.1. The largest absolute Gasteiger partial charge is 0.318 e. The van der Waals surface area contributed by atoms with E-state index in [4.69, 9.17) is 0 Å². The van der Waals surface area contributed by atoms with Crippen LogP contribution < -0.4 is 10.0 Å². The van der Waals surface area contributed by atoms with Crippen molar-refractivity contribution in [2.24, 2.45) is 0 Å². The molecule has 0 rings (SSSR count). The van der Waals surface area contributed by atoms with Gasteiger partial charge in [-0.3, -0.25) is 0 Å². The lowest BCUT2D eigenvalue weighted by atomic mass is 10.2. The summed E-state index contributed by atoms with van der Waals surface area (Å²) < 4.78 is 26.7. The molecule has 0 aliphatic rings. The maximum absolute atomic E-state index is 12.0. The minimum atomic E-state index is -3.21. The minimum Gasteiger partial charge on any atom is -0.318 e. The van der Waals surface area contributed by atoms with Crippen molar-refractivity contribution in [3.05, 3.63) is 0 Å². The molecule has 116 valence electrons. The van der Waals surface area contributed by atoms with Gasteiger partial charge in [-0.05, 0) is 53.4 Å². The third kappa shape index (κ3) is 7.87. The number of nitrogens with zero attached hydrogens (tertiary/aromatic N) is 1. The lowest BCUT2D eigenvalue weighted by Gasteiger charge is -2.21. The van der Waals surface area contributed by atoms with E-state index in [1.807, 2.05) is 6.92 Å². The van der Waals surface area contributed by atoms with E-state index in [1.165, 1.54) is 0 Å². The quantitative estimate of drug-likeness (QED) is 0.597. The molecule has 5 nitrogen and oxygen atoms in total. The zero-order valence-corrected chi connectivity index (χ0v) is 13.9. The van der Waals surface area contributed by atoms with E-state index in [2.05, 4.69) is 28.8 Å². The molecule has 6 heteroatoms. The van der Waals surface area contributed by atoms with E-state index >= 15 is 0 Å². The molecule has 2 N–H and O–H groups in total. The average Bonchev–Trinajstić information content (AvgIpc) is 2.34. The monoisotopic (exact) mass is 293 g/mol. The molecule has 0 radical (unpaired) electrons. The molecule has 0 aliphatic carbocycles. The predicted molar refractivity (Wildman–Crippen MR) is 81.9 cm³/mol. The maximum Gasteiger partial charge on any atom is 0.215 e. The summed E-state index contributed by atoms with van der Waals surface area (Å²) in [6.45, 7) is 11.6. The standard InChI is InChI=1S/C13H31N3O2S/c1-6-16(7-2)10-8-9-12(3)15-19(17,18)13(4)11-14-5/h12-15H,6-11H2,1-5H3. The summed E-state index contributed by atoms with van der Waals surface area (Å²) in [7, 11) is -1.45. The van der Waals surface area contributed by atoms with Gasteiger partial charge in [0.1, 0.15) is 0 Å². The molecular formula is C13H31N3O2S. The van der Waals surface area contributed by atoms with Crippen molar-refractivity contribution in [1.82, 2.24) is 14.9 Å². The van der Waals surface area contributed by atoms with Crippen molar-refractivity contribution in [2.75, 3.05) is 33.2 Å². The van der Waals surface area contributed by atoms with Crippen molar-refractivity contribution < 1.29 is 8.42 Å². The Balaban J connectivity index is 4.06. The molecule has 0 aromatic rings. The van der Waals surface area contributed by atoms with Crippen LogP contribution in [-0.2, 0) is 10.0 Å². The molecule has 0 saturated heterocycles. The van der Waals surface area contributed by atoms with Gasteiger partial charge in [0.15, 0.2) is 0 Å². The van der Waals surface area contributed by atoms with Crippen molar-refractivity contribution in [2.45, 2.75) is 51.8 Å².